The van der Waals surface area contributed by atoms with Crippen LogP contribution >= 0.6 is 22.9 Å². The van der Waals surface area contributed by atoms with Crippen LogP contribution < -0.4 is 5.32 Å². The van der Waals surface area contributed by atoms with Crippen molar-refractivity contribution in [3.63, 3.8) is 0 Å². The number of piperidine rings is 1. The van der Waals surface area contributed by atoms with Gasteiger partial charge in [-0.1, -0.05) is 25.4 Å². The summed E-state index contributed by atoms with van der Waals surface area (Å²) in [5, 5.41) is 21.8. The average Bonchev–Trinajstić information content (AvgIpc) is 3.22. The van der Waals surface area contributed by atoms with E-state index in [9.17, 15) is 9.59 Å². The Balaban J connectivity index is 0.000000321. The molecule has 0 spiro atoms. The molecule has 2 aromatic heterocycles. The molecule has 1 aliphatic rings. The molecule has 8 nitrogen and oxygen atoms in total. The largest absolute Gasteiger partial charge is 0.478 e. The summed E-state index contributed by atoms with van der Waals surface area (Å²) < 4.78 is 2.14. The number of hydrogen-bond acceptors (Lipinski definition) is 6. The van der Waals surface area contributed by atoms with Gasteiger partial charge in [0.25, 0.3) is 0 Å². The third kappa shape index (κ3) is 7.43. The van der Waals surface area contributed by atoms with Crippen LogP contribution in [-0.2, 0) is 16.1 Å². The molecule has 1 fully saturated rings. The molecule has 0 bridgehead atoms. The molecule has 2 aromatic rings. The van der Waals surface area contributed by atoms with Crippen LogP contribution in [0.25, 0.3) is 4.96 Å². The van der Waals surface area contributed by atoms with Gasteiger partial charge in [0.05, 0.1) is 5.69 Å². The van der Waals surface area contributed by atoms with E-state index in [0.29, 0.717) is 29.3 Å². The third-order valence-corrected chi connectivity index (χ3v) is 5.52. The van der Waals surface area contributed by atoms with Crippen molar-refractivity contribution in [3.8, 4) is 0 Å². The highest BCUT2D eigenvalue weighted by molar-refractivity contribution is 7.15. The summed E-state index contributed by atoms with van der Waals surface area (Å²) in [4.78, 5) is 27.2. The molecule has 0 aromatic carbocycles. The number of thiazole rings is 1. The fourth-order valence-electron chi connectivity index (χ4n) is 3.27. The molecule has 10 heteroatoms. The van der Waals surface area contributed by atoms with Crippen molar-refractivity contribution in [1.29, 1.82) is 0 Å². The minimum absolute atomic E-state index is 0.558. The van der Waals surface area contributed by atoms with Gasteiger partial charge in [0.15, 0.2) is 10.1 Å². The van der Waals surface area contributed by atoms with Crippen molar-refractivity contribution in [3.05, 3.63) is 34.6 Å². The molecular weight excluding hydrogens is 416 g/mol. The van der Waals surface area contributed by atoms with Crippen LogP contribution in [0.5, 0.6) is 0 Å². The van der Waals surface area contributed by atoms with Gasteiger partial charge in [-0.3, -0.25) is 9.30 Å². The first-order valence-corrected chi connectivity index (χ1v) is 10.7. The summed E-state index contributed by atoms with van der Waals surface area (Å²) in [5.74, 6) is -1.86. The van der Waals surface area contributed by atoms with Gasteiger partial charge in [-0.25, -0.2) is 14.6 Å². The van der Waals surface area contributed by atoms with Crippen molar-refractivity contribution in [2.75, 3.05) is 19.6 Å². The Morgan fingerprint density at radius 3 is 2.52 bits per heavy atom. The fraction of sp³-hybridized carbons (Fsp3) is 0.526. The number of hydrogen-bond donors (Lipinski definition) is 3. The van der Waals surface area contributed by atoms with E-state index in [1.54, 1.807) is 11.3 Å². The Kier molecular flexibility index (Phi) is 9.09. The maximum absolute atomic E-state index is 9.55. The highest BCUT2D eigenvalue weighted by atomic mass is 35.5. The van der Waals surface area contributed by atoms with E-state index in [-0.39, 0.29) is 0 Å². The van der Waals surface area contributed by atoms with Gasteiger partial charge in [0, 0.05) is 42.9 Å². The first-order chi connectivity index (χ1) is 13.8. The summed E-state index contributed by atoms with van der Waals surface area (Å²) in [6, 6.07) is 0.647. The number of aliphatic carboxylic acids is 2. The fourth-order valence-corrected chi connectivity index (χ4v) is 4.28. The number of carboxylic acid groups (broad SMARTS) is 2. The maximum atomic E-state index is 9.55. The summed E-state index contributed by atoms with van der Waals surface area (Å²) >= 11 is 8.00. The van der Waals surface area contributed by atoms with E-state index < -0.39 is 11.9 Å². The summed E-state index contributed by atoms with van der Waals surface area (Å²) in [6.45, 7) is 8.80. The van der Waals surface area contributed by atoms with E-state index in [1.165, 1.54) is 12.8 Å². The Labute approximate surface area is 178 Å². The van der Waals surface area contributed by atoms with Gasteiger partial charge in [-0.15, -0.1) is 11.3 Å². The minimum Gasteiger partial charge on any atom is -0.478 e. The molecular formula is C19H27ClN4O4S. The number of aromatic nitrogens is 2. The number of fused-ring (bicyclic) bond motifs is 1. The smallest absolute Gasteiger partial charge is 0.328 e. The van der Waals surface area contributed by atoms with Crippen molar-refractivity contribution in [2.24, 2.45) is 5.92 Å². The van der Waals surface area contributed by atoms with Crippen molar-refractivity contribution >= 4 is 39.8 Å². The lowest BCUT2D eigenvalue weighted by atomic mass is 10.0. The molecule has 0 aliphatic carbocycles. The predicted octanol–water partition coefficient (Wildman–Crippen LogP) is 2.97. The van der Waals surface area contributed by atoms with Crippen LogP contribution in [0.15, 0.2) is 23.7 Å². The number of rotatable bonds is 7. The summed E-state index contributed by atoms with van der Waals surface area (Å²) in [7, 11) is 0. The number of halogens is 1. The number of nitrogens with zero attached hydrogens (tertiary/aromatic N) is 3. The summed E-state index contributed by atoms with van der Waals surface area (Å²) in [6.07, 6.45) is 5.63. The van der Waals surface area contributed by atoms with Gasteiger partial charge >= 0.3 is 11.9 Å². The highest BCUT2D eigenvalue weighted by Gasteiger charge is 2.24. The second-order valence-electron chi connectivity index (χ2n) is 7.22. The lowest BCUT2D eigenvalue weighted by Crippen LogP contribution is -2.44. The number of carboxylic acids is 2. The highest BCUT2D eigenvalue weighted by Crippen LogP contribution is 2.25. The second kappa shape index (κ2) is 11.3. The molecule has 3 N–H and O–H groups in total. The monoisotopic (exact) mass is 442 g/mol. The predicted molar refractivity (Wildman–Crippen MR) is 114 cm³/mol. The quantitative estimate of drug-likeness (QED) is 0.566. The molecule has 29 heavy (non-hydrogen) atoms. The van der Waals surface area contributed by atoms with Gasteiger partial charge < -0.3 is 15.5 Å². The van der Waals surface area contributed by atoms with Crippen LogP contribution in [0.1, 0.15) is 32.4 Å². The third-order valence-electron chi connectivity index (χ3n) is 4.46. The van der Waals surface area contributed by atoms with Crippen molar-refractivity contribution in [1.82, 2.24) is 19.6 Å². The van der Waals surface area contributed by atoms with E-state index in [0.717, 1.165) is 36.8 Å². The van der Waals surface area contributed by atoms with E-state index in [4.69, 9.17) is 21.8 Å². The topological polar surface area (TPSA) is 107 Å². The molecule has 3 heterocycles. The molecule has 0 saturated carbocycles. The molecule has 0 amide bonds. The van der Waals surface area contributed by atoms with Crippen LogP contribution in [-0.4, -0.2) is 62.1 Å². The van der Waals surface area contributed by atoms with Crippen LogP contribution in [0.3, 0.4) is 0 Å². The van der Waals surface area contributed by atoms with Crippen LogP contribution in [0.2, 0.25) is 5.15 Å². The molecule has 0 atom stereocenters. The first kappa shape index (κ1) is 23.3. The number of imidazole rings is 1. The molecule has 160 valence electrons. The Hall–Kier alpha value is -1.94. The molecule has 3 rings (SSSR count). The normalized spacial score (nSPS) is 15.2. The van der Waals surface area contributed by atoms with E-state index in [2.05, 4.69) is 45.0 Å². The zero-order valence-corrected chi connectivity index (χ0v) is 18.1. The Morgan fingerprint density at radius 1 is 1.34 bits per heavy atom. The van der Waals surface area contributed by atoms with Crippen LogP contribution in [0.4, 0.5) is 0 Å². The minimum atomic E-state index is -1.26. The maximum Gasteiger partial charge on any atom is 0.328 e. The molecule has 0 unspecified atom stereocenters. The first-order valence-electron chi connectivity index (χ1n) is 9.46. The number of nitrogens with one attached hydrogen (secondary N) is 1. The Morgan fingerprint density at radius 2 is 1.97 bits per heavy atom. The second-order valence-corrected chi connectivity index (χ2v) is 8.45. The van der Waals surface area contributed by atoms with E-state index >= 15 is 0 Å². The zero-order chi connectivity index (χ0) is 21.4. The lowest BCUT2D eigenvalue weighted by Gasteiger charge is -2.35. The van der Waals surface area contributed by atoms with E-state index in [1.807, 2.05) is 0 Å². The zero-order valence-electron chi connectivity index (χ0n) is 16.5. The van der Waals surface area contributed by atoms with Crippen LogP contribution in [0, 0.1) is 5.92 Å². The SMILES string of the molecule is CC(C)CN(Cc1c(Cl)nc2sccn12)C1CCNCC1.O=C(O)C=CC(=O)O. The molecule has 0 radical (unpaired) electrons. The van der Waals surface area contributed by atoms with Gasteiger partial charge in [0.1, 0.15) is 0 Å². The van der Waals surface area contributed by atoms with Crippen molar-refractivity contribution in [2.45, 2.75) is 39.3 Å². The van der Waals surface area contributed by atoms with Gasteiger partial charge in [-0.05, 0) is 31.8 Å². The average molecular weight is 443 g/mol. The van der Waals surface area contributed by atoms with Gasteiger partial charge in [0.2, 0.25) is 0 Å². The van der Waals surface area contributed by atoms with Gasteiger partial charge in [-0.2, -0.15) is 0 Å². The number of carbonyl (C=O) groups is 2. The molecule has 1 aliphatic heterocycles. The standard InChI is InChI=1S/C15H23ClN4S.C4H4O4/c1-11(2)9-19(12-3-5-17-6-4-12)10-13-14(16)18-15-20(13)7-8-21-15;5-3(6)1-2-4(7)8/h7-8,11-12,17H,3-6,9-10H2,1-2H3;1-2H,(H,5,6)(H,7,8). The lowest BCUT2D eigenvalue weighted by molar-refractivity contribution is -0.134. The van der Waals surface area contributed by atoms with Crippen molar-refractivity contribution < 1.29 is 19.8 Å². The Bertz CT molecular complexity index is 826. The molecule has 1 saturated heterocycles. The summed E-state index contributed by atoms with van der Waals surface area (Å²) in [5.41, 5.74) is 1.13.